The number of likely N-dealkylation sites (tertiary alicyclic amines) is 1. The molecule has 0 N–H and O–H groups in total. The Kier molecular flexibility index (Phi) is 5.51. The number of fused-ring (bicyclic) bond motifs is 1. The third-order valence-electron chi connectivity index (χ3n) is 6.45. The van der Waals surface area contributed by atoms with Gasteiger partial charge in [0.05, 0.1) is 12.2 Å². The first-order valence-electron chi connectivity index (χ1n) is 11.4. The van der Waals surface area contributed by atoms with Crippen molar-refractivity contribution in [3.8, 4) is 11.3 Å². The van der Waals surface area contributed by atoms with Crippen molar-refractivity contribution in [2.75, 3.05) is 5.06 Å². The van der Waals surface area contributed by atoms with Crippen molar-refractivity contribution in [1.82, 2.24) is 4.90 Å². The van der Waals surface area contributed by atoms with Crippen LogP contribution in [0.2, 0.25) is 0 Å². The Morgan fingerprint density at radius 3 is 2.17 bits per heavy atom. The second-order valence-corrected chi connectivity index (χ2v) is 9.53. The smallest absolute Gasteiger partial charge is 0.262 e. The van der Waals surface area contributed by atoms with Crippen LogP contribution in [0.1, 0.15) is 17.4 Å². The fourth-order valence-electron chi connectivity index (χ4n) is 4.76. The van der Waals surface area contributed by atoms with Gasteiger partial charge in [-0.25, -0.2) is 5.06 Å². The Balaban J connectivity index is 1.37. The summed E-state index contributed by atoms with van der Waals surface area (Å²) < 4.78 is 7.25. The van der Waals surface area contributed by atoms with Crippen molar-refractivity contribution in [1.29, 1.82) is 0 Å². The van der Waals surface area contributed by atoms with E-state index >= 15 is 0 Å². The number of furan rings is 1. The summed E-state index contributed by atoms with van der Waals surface area (Å²) in [5.74, 6) is -0.0416. The number of anilines is 1. The molecule has 174 valence electrons. The summed E-state index contributed by atoms with van der Waals surface area (Å²) in [5.41, 5.74) is 2.56. The van der Waals surface area contributed by atoms with Gasteiger partial charge >= 0.3 is 0 Å². The Hall–Kier alpha value is -3.68. The summed E-state index contributed by atoms with van der Waals surface area (Å²) in [6.07, 6.45) is -0.905. The third kappa shape index (κ3) is 3.87. The number of amides is 2. The molecule has 0 radical (unpaired) electrons. The topological polar surface area (TPSA) is 63.0 Å². The highest BCUT2D eigenvalue weighted by Gasteiger charge is 2.60. The maximum Gasteiger partial charge on any atom is 0.262 e. The molecule has 0 unspecified atom stereocenters. The molecule has 6 rings (SSSR count). The molecule has 0 bridgehead atoms. The van der Waals surface area contributed by atoms with E-state index in [0.717, 1.165) is 21.3 Å². The van der Waals surface area contributed by atoms with Crippen molar-refractivity contribution in [2.45, 2.75) is 18.7 Å². The molecular formula is C28H21BrN2O4. The lowest BCUT2D eigenvalue weighted by Gasteiger charge is -2.27. The minimum Gasteiger partial charge on any atom is -0.459 e. The van der Waals surface area contributed by atoms with Gasteiger partial charge in [0.15, 0.2) is 6.10 Å². The minimum absolute atomic E-state index is 0.217. The summed E-state index contributed by atoms with van der Waals surface area (Å²) in [4.78, 5) is 34.4. The summed E-state index contributed by atoms with van der Waals surface area (Å²) in [7, 11) is 0. The first-order chi connectivity index (χ1) is 17.1. The maximum absolute atomic E-state index is 13.6. The molecule has 3 heterocycles. The van der Waals surface area contributed by atoms with Crippen molar-refractivity contribution >= 4 is 33.4 Å². The molecule has 2 fully saturated rings. The molecule has 2 saturated heterocycles. The highest BCUT2D eigenvalue weighted by Crippen LogP contribution is 2.47. The second kappa shape index (κ2) is 8.83. The average Bonchev–Trinajstić information content (AvgIpc) is 3.58. The zero-order chi connectivity index (χ0) is 23.9. The molecule has 1 aromatic heterocycles. The summed E-state index contributed by atoms with van der Waals surface area (Å²) in [6.45, 7) is 0.217. The maximum atomic E-state index is 13.6. The van der Waals surface area contributed by atoms with E-state index in [-0.39, 0.29) is 18.4 Å². The predicted molar refractivity (Wildman–Crippen MR) is 134 cm³/mol. The lowest BCUT2D eigenvalue weighted by atomic mass is 9.94. The Morgan fingerprint density at radius 1 is 0.771 bits per heavy atom. The number of para-hydroxylation sites is 1. The van der Waals surface area contributed by atoms with Crippen LogP contribution in [-0.2, 0) is 21.0 Å². The van der Waals surface area contributed by atoms with Gasteiger partial charge in [-0.3, -0.25) is 19.3 Å². The second-order valence-electron chi connectivity index (χ2n) is 8.62. The van der Waals surface area contributed by atoms with Crippen LogP contribution in [0.5, 0.6) is 0 Å². The number of nitrogens with zero attached hydrogens (tertiary/aromatic N) is 2. The van der Waals surface area contributed by atoms with Gasteiger partial charge in [0.25, 0.3) is 5.91 Å². The standard InChI is InChI=1S/C28H21BrN2O4/c29-20-13-11-19(12-14-20)22-15-16-23(34-22)25-24-26(35-31(25)21-9-5-2-6-10-21)28(33)30(27(24)32)17-18-7-3-1-4-8-18/h1-16,24-26H,17H2/t24-,25+,26-/m1/s1. The molecule has 0 saturated carbocycles. The largest absolute Gasteiger partial charge is 0.459 e. The molecule has 6 nitrogen and oxygen atoms in total. The van der Waals surface area contributed by atoms with Crippen LogP contribution in [-0.4, -0.2) is 22.8 Å². The first-order valence-corrected chi connectivity index (χ1v) is 12.2. The first kappa shape index (κ1) is 21.8. The van der Waals surface area contributed by atoms with Crippen molar-refractivity contribution in [3.05, 3.63) is 113 Å². The summed E-state index contributed by atoms with van der Waals surface area (Å²) >= 11 is 3.46. The number of rotatable bonds is 5. The number of hydrogen-bond donors (Lipinski definition) is 0. The van der Waals surface area contributed by atoms with Gasteiger partial charge in [-0.05, 0) is 42.0 Å². The van der Waals surface area contributed by atoms with Gasteiger partial charge in [0.1, 0.15) is 23.5 Å². The minimum atomic E-state index is -0.905. The van der Waals surface area contributed by atoms with E-state index in [4.69, 9.17) is 9.25 Å². The van der Waals surface area contributed by atoms with E-state index in [1.54, 1.807) is 5.06 Å². The zero-order valence-electron chi connectivity index (χ0n) is 18.6. The van der Waals surface area contributed by atoms with Crippen LogP contribution < -0.4 is 5.06 Å². The summed E-state index contributed by atoms with van der Waals surface area (Å²) in [5, 5.41) is 1.65. The number of benzene rings is 3. The SMILES string of the molecule is O=C1[C@H]2[C@@H](ON(c3ccccc3)[C@H]2c2ccc(-c3ccc(Br)cc3)o2)C(=O)N1Cc1ccccc1. The predicted octanol–water partition coefficient (Wildman–Crippen LogP) is 5.76. The normalized spacial score (nSPS) is 21.6. The van der Waals surface area contributed by atoms with E-state index in [1.165, 1.54) is 4.90 Å². The quantitative estimate of drug-likeness (QED) is 0.308. The lowest BCUT2D eigenvalue weighted by Crippen LogP contribution is -2.36. The highest BCUT2D eigenvalue weighted by atomic mass is 79.9. The van der Waals surface area contributed by atoms with Gasteiger partial charge in [0, 0.05) is 10.0 Å². The van der Waals surface area contributed by atoms with E-state index in [9.17, 15) is 9.59 Å². The van der Waals surface area contributed by atoms with Crippen molar-refractivity contribution in [3.63, 3.8) is 0 Å². The van der Waals surface area contributed by atoms with E-state index in [0.29, 0.717) is 11.5 Å². The molecule has 35 heavy (non-hydrogen) atoms. The van der Waals surface area contributed by atoms with Gasteiger partial charge in [-0.15, -0.1) is 0 Å². The molecule has 3 aromatic carbocycles. The molecule has 7 heteroatoms. The van der Waals surface area contributed by atoms with E-state index < -0.39 is 18.1 Å². The Bertz CT molecular complexity index is 1370. The number of hydrogen-bond acceptors (Lipinski definition) is 5. The van der Waals surface area contributed by atoms with Crippen molar-refractivity contribution in [2.24, 2.45) is 5.92 Å². The van der Waals surface area contributed by atoms with Crippen LogP contribution in [0.4, 0.5) is 5.69 Å². The fraction of sp³-hybridized carbons (Fsp3) is 0.143. The van der Waals surface area contributed by atoms with Gasteiger partial charge in [0.2, 0.25) is 5.91 Å². The Labute approximate surface area is 210 Å². The zero-order valence-corrected chi connectivity index (χ0v) is 20.2. The third-order valence-corrected chi connectivity index (χ3v) is 6.98. The fourth-order valence-corrected chi connectivity index (χ4v) is 5.03. The van der Waals surface area contributed by atoms with Gasteiger partial charge in [-0.1, -0.05) is 76.6 Å². The number of carbonyl (C=O) groups is 2. The molecule has 4 aromatic rings. The van der Waals surface area contributed by atoms with E-state index in [2.05, 4.69) is 15.9 Å². The van der Waals surface area contributed by atoms with Crippen LogP contribution in [0.25, 0.3) is 11.3 Å². The van der Waals surface area contributed by atoms with Gasteiger partial charge in [-0.2, -0.15) is 0 Å². The summed E-state index contributed by atoms with van der Waals surface area (Å²) in [6, 6.07) is 30.0. The molecule has 2 aliphatic heterocycles. The monoisotopic (exact) mass is 528 g/mol. The molecule has 3 atom stereocenters. The highest BCUT2D eigenvalue weighted by molar-refractivity contribution is 9.10. The molecule has 2 amide bonds. The molecule has 0 aliphatic carbocycles. The molecule has 2 aliphatic rings. The van der Waals surface area contributed by atoms with Crippen LogP contribution in [0.3, 0.4) is 0 Å². The van der Waals surface area contributed by atoms with Crippen LogP contribution in [0.15, 0.2) is 106 Å². The lowest BCUT2D eigenvalue weighted by molar-refractivity contribution is -0.143. The van der Waals surface area contributed by atoms with Gasteiger partial charge < -0.3 is 4.42 Å². The average molecular weight is 529 g/mol. The Morgan fingerprint density at radius 2 is 1.46 bits per heavy atom. The van der Waals surface area contributed by atoms with Crippen LogP contribution >= 0.6 is 15.9 Å². The van der Waals surface area contributed by atoms with Crippen molar-refractivity contribution < 1.29 is 18.8 Å². The van der Waals surface area contributed by atoms with E-state index in [1.807, 2.05) is 97.1 Å². The number of halogens is 1. The number of imide groups is 1. The molecular weight excluding hydrogens is 508 g/mol. The number of hydroxylamine groups is 1. The van der Waals surface area contributed by atoms with Crippen LogP contribution in [0, 0.1) is 5.92 Å². The number of carbonyl (C=O) groups excluding carboxylic acids is 2. The molecule has 0 spiro atoms.